The molecule has 1 unspecified atom stereocenters. The quantitative estimate of drug-likeness (QED) is 0.325. The molecule has 11 nitrogen and oxygen atoms in total. The van der Waals surface area contributed by atoms with Crippen molar-refractivity contribution in [3.63, 3.8) is 0 Å². The lowest BCUT2D eigenvalue weighted by molar-refractivity contribution is 0.196. The van der Waals surface area contributed by atoms with Crippen molar-refractivity contribution in [2.75, 3.05) is 30.0 Å². The van der Waals surface area contributed by atoms with E-state index in [1.165, 1.54) is 24.2 Å². The van der Waals surface area contributed by atoms with Crippen LogP contribution >= 0.6 is 11.3 Å². The van der Waals surface area contributed by atoms with Gasteiger partial charge in [0.25, 0.3) is 0 Å². The van der Waals surface area contributed by atoms with E-state index in [1.807, 2.05) is 17.5 Å². The Hall–Kier alpha value is -3.51. The molecule has 1 atom stereocenters. The third-order valence-electron chi connectivity index (χ3n) is 5.92. The van der Waals surface area contributed by atoms with Crippen molar-refractivity contribution in [1.29, 1.82) is 0 Å². The van der Waals surface area contributed by atoms with E-state index in [1.54, 1.807) is 12.3 Å². The zero-order valence-corrected chi connectivity index (χ0v) is 19.2. The number of thiazole rings is 1. The Balaban J connectivity index is 1.28. The van der Waals surface area contributed by atoms with Crippen LogP contribution in [0, 0.1) is 0 Å². The molecule has 6 rings (SSSR count). The first-order chi connectivity index (χ1) is 16.8. The van der Waals surface area contributed by atoms with Crippen molar-refractivity contribution < 1.29 is 14.4 Å². The maximum absolute atomic E-state index is 9.21. The molecule has 1 aliphatic carbocycles. The predicted octanol–water partition coefficient (Wildman–Crippen LogP) is 3.64. The second kappa shape index (κ2) is 9.03. The number of hydrogen-bond acceptors (Lipinski definition) is 11. The lowest BCUT2D eigenvalue weighted by atomic mass is 10.1. The normalized spacial score (nSPS) is 17.9. The van der Waals surface area contributed by atoms with Crippen LogP contribution in [0.5, 0.6) is 5.88 Å². The van der Waals surface area contributed by atoms with Crippen molar-refractivity contribution in [2.45, 2.75) is 37.6 Å². The molecular weight excluding hydrogens is 456 g/mol. The fourth-order valence-corrected chi connectivity index (χ4v) is 4.75. The smallest absolute Gasteiger partial charge is 0.231 e. The molecule has 0 bridgehead atoms. The van der Waals surface area contributed by atoms with E-state index in [0.717, 1.165) is 41.5 Å². The number of hydrogen-bond donors (Lipinski definition) is 3. The van der Waals surface area contributed by atoms with Crippen LogP contribution in [-0.2, 0) is 0 Å². The summed E-state index contributed by atoms with van der Waals surface area (Å²) < 4.78 is 11.3. The minimum Gasteiger partial charge on any atom is -0.475 e. The number of aromatic nitrogens is 6. The molecule has 0 radical (unpaired) electrons. The Morgan fingerprint density at radius 3 is 2.97 bits per heavy atom. The van der Waals surface area contributed by atoms with Gasteiger partial charge in [0, 0.05) is 47.9 Å². The van der Waals surface area contributed by atoms with Crippen molar-refractivity contribution in [3.05, 3.63) is 41.2 Å². The van der Waals surface area contributed by atoms with Crippen LogP contribution in [0.3, 0.4) is 0 Å². The van der Waals surface area contributed by atoms with Gasteiger partial charge in [-0.25, -0.2) is 4.98 Å². The van der Waals surface area contributed by atoms with Gasteiger partial charge in [-0.05, 0) is 25.7 Å². The molecule has 0 amide bonds. The minimum absolute atomic E-state index is 0.0472. The van der Waals surface area contributed by atoms with Gasteiger partial charge in [0.15, 0.2) is 11.6 Å². The average molecular weight is 481 g/mol. The molecule has 2 fully saturated rings. The first kappa shape index (κ1) is 21.1. The first-order valence-corrected chi connectivity index (χ1v) is 12.2. The predicted molar refractivity (Wildman–Crippen MR) is 125 cm³/mol. The topological polar surface area (TPSA) is 138 Å². The molecule has 1 aliphatic heterocycles. The van der Waals surface area contributed by atoms with Gasteiger partial charge in [-0.3, -0.25) is 5.10 Å². The van der Waals surface area contributed by atoms with E-state index in [2.05, 4.69) is 35.5 Å². The number of rotatable bonds is 9. The van der Waals surface area contributed by atoms with Crippen molar-refractivity contribution in [3.8, 4) is 16.6 Å². The van der Waals surface area contributed by atoms with Gasteiger partial charge in [-0.2, -0.15) is 15.1 Å². The summed E-state index contributed by atoms with van der Waals surface area (Å²) in [7, 11) is 0. The van der Waals surface area contributed by atoms with E-state index in [-0.39, 0.29) is 19.3 Å². The van der Waals surface area contributed by atoms with E-state index >= 15 is 0 Å². The second-order valence-corrected chi connectivity index (χ2v) is 9.27. The SMILES string of the molecule is OCCOc1cc(Nc2cc(C3CC3)[nH]n2)nc(N2CCCC2c2cc(-c3nccs3)no2)n1. The molecule has 4 aromatic rings. The van der Waals surface area contributed by atoms with Crippen LogP contribution in [0.25, 0.3) is 10.7 Å². The van der Waals surface area contributed by atoms with Gasteiger partial charge in [0.05, 0.1) is 12.6 Å². The van der Waals surface area contributed by atoms with Gasteiger partial charge >= 0.3 is 0 Å². The lowest BCUT2D eigenvalue weighted by Crippen LogP contribution is -2.25. The second-order valence-electron chi connectivity index (χ2n) is 8.37. The Kier molecular flexibility index (Phi) is 5.59. The summed E-state index contributed by atoms with van der Waals surface area (Å²) in [6.45, 7) is 0.818. The van der Waals surface area contributed by atoms with Crippen LogP contribution in [0.2, 0.25) is 0 Å². The highest BCUT2D eigenvalue weighted by Gasteiger charge is 2.32. The zero-order chi connectivity index (χ0) is 22.9. The summed E-state index contributed by atoms with van der Waals surface area (Å²) in [6.07, 6.45) is 6.01. The third kappa shape index (κ3) is 4.33. The standard InChI is InChI=1S/C22H24N8O3S/c31-7-8-32-20-12-18(24-19-11-14(27-28-19)13-3-4-13)25-22(26-20)30-6-1-2-16(30)17-10-15(29-33-17)21-23-5-9-34-21/h5,9-13,16,31H,1-4,6-8H2,(H2,24,25,26,27,28). The molecule has 176 valence electrons. The summed E-state index contributed by atoms with van der Waals surface area (Å²) in [5.41, 5.74) is 1.86. The monoisotopic (exact) mass is 480 g/mol. The van der Waals surface area contributed by atoms with Gasteiger partial charge in [0.2, 0.25) is 11.8 Å². The zero-order valence-electron chi connectivity index (χ0n) is 18.3. The van der Waals surface area contributed by atoms with Crippen LogP contribution in [0.15, 0.2) is 34.3 Å². The van der Waals surface area contributed by atoms with E-state index in [0.29, 0.717) is 29.4 Å². The molecule has 5 heterocycles. The largest absolute Gasteiger partial charge is 0.475 e. The number of H-pyrrole nitrogens is 1. The van der Waals surface area contributed by atoms with Gasteiger partial charge in [-0.15, -0.1) is 11.3 Å². The minimum atomic E-state index is -0.101. The molecule has 1 saturated carbocycles. The molecule has 1 saturated heterocycles. The number of aliphatic hydroxyl groups is 1. The highest BCUT2D eigenvalue weighted by Crippen LogP contribution is 2.40. The summed E-state index contributed by atoms with van der Waals surface area (Å²) >= 11 is 1.52. The van der Waals surface area contributed by atoms with E-state index < -0.39 is 0 Å². The summed E-state index contributed by atoms with van der Waals surface area (Å²) in [4.78, 5) is 15.8. The maximum Gasteiger partial charge on any atom is 0.231 e. The van der Waals surface area contributed by atoms with E-state index in [4.69, 9.17) is 14.2 Å². The van der Waals surface area contributed by atoms with Crippen molar-refractivity contribution >= 4 is 28.9 Å². The van der Waals surface area contributed by atoms with Crippen LogP contribution in [-0.4, -0.2) is 55.2 Å². The molecule has 4 aromatic heterocycles. The van der Waals surface area contributed by atoms with Crippen molar-refractivity contribution in [2.24, 2.45) is 0 Å². The third-order valence-corrected chi connectivity index (χ3v) is 6.72. The highest BCUT2D eigenvalue weighted by atomic mass is 32.1. The number of aliphatic hydroxyl groups excluding tert-OH is 1. The number of nitrogens with one attached hydrogen (secondary N) is 2. The molecule has 12 heteroatoms. The first-order valence-electron chi connectivity index (χ1n) is 11.3. The van der Waals surface area contributed by atoms with Crippen LogP contribution in [0.4, 0.5) is 17.6 Å². The fourth-order valence-electron chi connectivity index (χ4n) is 4.16. The van der Waals surface area contributed by atoms with Crippen LogP contribution < -0.4 is 15.0 Å². The fraction of sp³-hybridized carbons (Fsp3) is 0.409. The van der Waals surface area contributed by atoms with Crippen molar-refractivity contribution in [1.82, 2.24) is 30.3 Å². The lowest BCUT2D eigenvalue weighted by Gasteiger charge is -2.23. The molecule has 0 aromatic carbocycles. The van der Waals surface area contributed by atoms with Gasteiger partial charge in [-0.1, -0.05) is 5.16 Å². The van der Waals surface area contributed by atoms with Gasteiger partial charge < -0.3 is 24.6 Å². The Bertz CT molecular complexity index is 1250. The Morgan fingerprint density at radius 1 is 1.21 bits per heavy atom. The summed E-state index contributed by atoms with van der Waals surface area (Å²) in [5.74, 6) is 3.49. The van der Waals surface area contributed by atoms with Gasteiger partial charge in [0.1, 0.15) is 23.1 Å². The molecule has 3 N–H and O–H groups in total. The highest BCUT2D eigenvalue weighted by molar-refractivity contribution is 7.13. The number of ether oxygens (including phenoxy) is 1. The summed E-state index contributed by atoms with van der Waals surface area (Å²) in [5, 5.41) is 26.9. The van der Waals surface area contributed by atoms with Crippen LogP contribution in [0.1, 0.15) is 49.1 Å². The molecule has 2 aliphatic rings. The average Bonchev–Trinajstić information content (AvgIpc) is 3.35. The maximum atomic E-state index is 9.21. The molecule has 0 spiro atoms. The molecular formula is C22H24N8O3S. The number of anilines is 3. The number of aromatic amines is 1. The Labute approximate surface area is 199 Å². The van der Waals surface area contributed by atoms with E-state index in [9.17, 15) is 5.11 Å². The number of nitrogens with zero attached hydrogens (tertiary/aromatic N) is 6. The molecule has 34 heavy (non-hydrogen) atoms. The summed E-state index contributed by atoms with van der Waals surface area (Å²) in [6, 6.07) is 5.62. The Morgan fingerprint density at radius 2 is 2.15 bits per heavy atom.